The lowest BCUT2D eigenvalue weighted by Gasteiger charge is -2.12. The fourth-order valence-corrected chi connectivity index (χ4v) is 3.33. The predicted octanol–water partition coefficient (Wildman–Crippen LogP) is 6.50. The van der Waals surface area contributed by atoms with Gasteiger partial charge in [0.25, 0.3) is 5.91 Å². The van der Waals surface area contributed by atoms with Gasteiger partial charge in [-0.05, 0) is 65.6 Å². The number of ether oxygens (including phenoxy) is 1. The second kappa shape index (κ2) is 10.2. The van der Waals surface area contributed by atoms with Crippen LogP contribution in [0.1, 0.15) is 22.3 Å². The van der Waals surface area contributed by atoms with Gasteiger partial charge < -0.3 is 10.1 Å². The normalized spacial score (nSPS) is 11.6. The second-order valence-corrected chi connectivity index (χ2v) is 7.44. The van der Waals surface area contributed by atoms with E-state index < -0.39 is 17.6 Å². The van der Waals surface area contributed by atoms with Gasteiger partial charge in [0, 0.05) is 10.7 Å². The molecule has 3 rings (SSSR count). The number of methoxy groups -OCH3 is 1. The monoisotopic (exact) mass is 470 g/mol. The number of amides is 1. The Hall–Kier alpha value is -3.76. The first-order chi connectivity index (χ1) is 15.7. The molecule has 3 aromatic rings. The molecule has 3 aromatic carbocycles. The molecule has 0 saturated heterocycles. The number of anilines is 1. The molecule has 0 aromatic heterocycles. The maximum atomic E-state index is 12.9. The Labute approximate surface area is 193 Å². The van der Waals surface area contributed by atoms with Crippen LogP contribution >= 0.6 is 11.6 Å². The van der Waals surface area contributed by atoms with Crippen molar-refractivity contribution in [1.82, 2.24) is 0 Å². The summed E-state index contributed by atoms with van der Waals surface area (Å²) in [6.07, 6.45) is -2.75. The quantitative estimate of drug-likeness (QED) is 0.330. The molecule has 0 spiro atoms. The van der Waals surface area contributed by atoms with Crippen LogP contribution < -0.4 is 10.1 Å². The lowest BCUT2D eigenvalue weighted by atomic mass is 9.97. The molecule has 1 N–H and O–H groups in total. The molecule has 4 nitrogen and oxygen atoms in total. The minimum atomic E-state index is -4.55. The molecule has 0 aliphatic rings. The number of hydrogen-bond acceptors (Lipinski definition) is 3. The molecule has 0 heterocycles. The molecule has 0 bridgehead atoms. The van der Waals surface area contributed by atoms with Crippen LogP contribution in [0.25, 0.3) is 6.08 Å². The molecule has 1 amide bonds. The summed E-state index contributed by atoms with van der Waals surface area (Å²) >= 11 is 6.28. The molecule has 0 aliphatic heterocycles. The average Bonchev–Trinajstić information content (AvgIpc) is 2.79. The van der Waals surface area contributed by atoms with Crippen molar-refractivity contribution >= 4 is 29.3 Å². The van der Waals surface area contributed by atoms with Crippen molar-refractivity contribution in [2.75, 3.05) is 12.4 Å². The number of hydrogen-bond donors (Lipinski definition) is 1. The number of halogens is 4. The number of nitrogens with zero attached hydrogens (tertiary/aromatic N) is 1. The Morgan fingerprint density at radius 2 is 1.85 bits per heavy atom. The van der Waals surface area contributed by atoms with Crippen LogP contribution in [0.5, 0.6) is 5.75 Å². The highest BCUT2D eigenvalue weighted by molar-refractivity contribution is 6.31. The maximum Gasteiger partial charge on any atom is 0.416 e. The van der Waals surface area contributed by atoms with E-state index in [4.69, 9.17) is 16.3 Å². The van der Waals surface area contributed by atoms with Gasteiger partial charge in [-0.25, -0.2) is 0 Å². The van der Waals surface area contributed by atoms with Gasteiger partial charge in [-0.15, -0.1) is 0 Å². The smallest absolute Gasteiger partial charge is 0.416 e. The molecule has 168 valence electrons. The summed E-state index contributed by atoms with van der Waals surface area (Å²) in [6, 6.07) is 18.4. The van der Waals surface area contributed by atoms with Gasteiger partial charge in [-0.3, -0.25) is 4.79 Å². The molecular weight excluding hydrogens is 453 g/mol. The van der Waals surface area contributed by atoms with Crippen molar-refractivity contribution < 1.29 is 22.7 Å². The van der Waals surface area contributed by atoms with Crippen molar-refractivity contribution in [3.63, 3.8) is 0 Å². The van der Waals surface area contributed by atoms with E-state index in [1.165, 1.54) is 25.3 Å². The first-order valence-electron chi connectivity index (χ1n) is 9.72. The van der Waals surface area contributed by atoms with E-state index in [-0.39, 0.29) is 11.3 Å². The largest absolute Gasteiger partial charge is 0.497 e. The third-order valence-electron chi connectivity index (χ3n) is 4.80. The molecule has 0 fully saturated rings. The Bertz CT molecular complexity index is 1250. The Balaban J connectivity index is 1.92. The van der Waals surface area contributed by atoms with Gasteiger partial charge in [0.15, 0.2) is 0 Å². The number of nitriles is 1. The zero-order valence-corrected chi connectivity index (χ0v) is 18.2. The van der Waals surface area contributed by atoms with Gasteiger partial charge in [0.2, 0.25) is 0 Å². The number of nitrogens with one attached hydrogen (secondary N) is 1. The molecule has 0 saturated carbocycles. The van der Waals surface area contributed by atoms with Crippen LogP contribution in [0.2, 0.25) is 5.02 Å². The van der Waals surface area contributed by atoms with Crippen LogP contribution in [-0.2, 0) is 17.4 Å². The lowest BCUT2D eigenvalue weighted by molar-refractivity contribution is -0.137. The lowest BCUT2D eigenvalue weighted by Crippen LogP contribution is -2.14. The first kappa shape index (κ1) is 23.9. The van der Waals surface area contributed by atoms with E-state index in [0.717, 1.165) is 23.3 Å². The molecule has 0 unspecified atom stereocenters. The van der Waals surface area contributed by atoms with Crippen molar-refractivity contribution in [2.24, 2.45) is 0 Å². The van der Waals surface area contributed by atoms with Crippen LogP contribution in [0, 0.1) is 11.3 Å². The maximum absolute atomic E-state index is 12.9. The highest BCUT2D eigenvalue weighted by Crippen LogP contribution is 2.31. The zero-order valence-electron chi connectivity index (χ0n) is 17.4. The summed E-state index contributed by atoms with van der Waals surface area (Å²) in [5.74, 6) is -0.238. The Morgan fingerprint density at radius 1 is 1.09 bits per heavy atom. The minimum absolute atomic E-state index is 0.0676. The van der Waals surface area contributed by atoms with E-state index in [0.29, 0.717) is 22.8 Å². The summed E-state index contributed by atoms with van der Waals surface area (Å²) in [5.41, 5.74) is 0.933. The molecule has 33 heavy (non-hydrogen) atoms. The molecular formula is C25H18ClF3N2O2. The Kier molecular flexibility index (Phi) is 7.41. The van der Waals surface area contributed by atoms with Gasteiger partial charge in [-0.2, -0.15) is 18.4 Å². The van der Waals surface area contributed by atoms with Gasteiger partial charge in [0.1, 0.15) is 17.4 Å². The standard InChI is InChI=1S/C25H18ClF3N2O2/c1-33-22-10-9-16(18(13-22)12-17-5-2-3-8-23(17)26)11-19(15-30)24(32)31-21-7-4-6-20(14-21)25(27,28)29/h2-11,13-14H,12H2,1H3,(H,31,32)/b19-11+. The van der Waals surface area contributed by atoms with E-state index in [2.05, 4.69) is 5.32 Å². The van der Waals surface area contributed by atoms with Crippen molar-refractivity contribution in [3.8, 4) is 11.8 Å². The topological polar surface area (TPSA) is 62.1 Å². The average molecular weight is 471 g/mol. The predicted molar refractivity (Wildman–Crippen MR) is 121 cm³/mol. The number of carbonyl (C=O) groups excluding carboxylic acids is 1. The highest BCUT2D eigenvalue weighted by atomic mass is 35.5. The summed E-state index contributed by atoms with van der Waals surface area (Å²) in [4.78, 5) is 12.6. The minimum Gasteiger partial charge on any atom is -0.497 e. The summed E-state index contributed by atoms with van der Waals surface area (Å²) < 4.78 is 44.1. The zero-order chi connectivity index (χ0) is 24.0. The summed E-state index contributed by atoms with van der Waals surface area (Å²) in [7, 11) is 1.52. The number of rotatable bonds is 6. The fraction of sp³-hybridized carbons (Fsp3) is 0.120. The third-order valence-corrected chi connectivity index (χ3v) is 5.17. The van der Waals surface area contributed by atoms with Crippen LogP contribution in [0.4, 0.5) is 18.9 Å². The van der Waals surface area contributed by atoms with Crippen molar-refractivity contribution in [3.05, 3.63) is 99.6 Å². The highest BCUT2D eigenvalue weighted by Gasteiger charge is 2.30. The molecule has 0 radical (unpaired) electrons. The van der Waals surface area contributed by atoms with E-state index in [1.807, 2.05) is 24.3 Å². The van der Waals surface area contributed by atoms with Crippen molar-refractivity contribution in [1.29, 1.82) is 5.26 Å². The van der Waals surface area contributed by atoms with E-state index in [9.17, 15) is 23.2 Å². The second-order valence-electron chi connectivity index (χ2n) is 7.04. The van der Waals surface area contributed by atoms with Crippen LogP contribution in [0.15, 0.2) is 72.3 Å². The van der Waals surface area contributed by atoms with E-state index >= 15 is 0 Å². The fourth-order valence-electron chi connectivity index (χ4n) is 3.13. The van der Waals surface area contributed by atoms with Crippen LogP contribution in [-0.4, -0.2) is 13.0 Å². The molecule has 0 aliphatic carbocycles. The SMILES string of the molecule is COc1ccc(/C=C(\C#N)C(=O)Nc2cccc(C(F)(F)F)c2)c(Cc2ccccc2Cl)c1. The number of carbonyl (C=O) groups is 1. The van der Waals surface area contributed by atoms with E-state index in [1.54, 1.807) is 24.3 Å². The Morgan fingerprint density at radius 3 is 2.52 bits per heavy atom. The molecule has 0 atom stereocenters. The van der Waals surface area contributed by atoms with Crippen LogP contribution in [0.3, 0.4) is 0 Å². The molecule has 8 heteroatoms. The van der Waals surface area contributed by atoms with Gasteiger partial charge in [-0.1, -0.05) is 41.9 Å². The third kappa shape index (κ3) is 6.15. The summed E-state index contributed by atoms with van der Waals surface area (Å²) in [5, 5.41) is 12.5. The van der Waals surface area contributed by atoms with Gasteiger partial charge in [0.05, 0.1) is 12.7 Å². The number of alkyl halides is 3. The number of benzene rings is 3. The van der Waals surface area contributed by atoms with Crippen molar-refractivity contribution in [2.45, 2.75) is 12.6 Å². The first-order valence-corrected chi connectivity index (χ1v) is 10.1. The summed E-state index contributed by atoms with van der Waals surface area (Å²) in [6.45, 7) is 0. The van der Waals surface area contributed by atoms with Gasteiger partial charge >= 0.3 is 6.18 Å².